The fourth-order valence-electron chi connectivity index (χ4n) is 11.9. The molecule has 4 N–H and O–H groups in total. The molecule has 7 nitrogen and oxygen atoms in total. The molecular weight excluding hydrogens is 858 g/mol. The maximum atomic E-state index is 14.4. The topological polar surface area (TPSA) is 107 Å². The molecule has 7 atom stereocenters. The van der Waals surface area contributed by atoms with E-state index in [-0.39, 0.29) is 17.8 Å². The van der Waals surface area contributed by atoms with Crippen LogP contribution in [0.5, 0.6) is 0 Å². The van der Waals surface area contributed by atoms with Gasteiger partial charge in [-0.1, -0.05) is 135 Å². The third kappa shape index (κ3) is 7.50. The smallest absolute Gasteiger partial charge is 0.387 e. The molecule has 11 rings (SSSR count). The van der Waals surface area contributed by atoms with Crippen LogP contribution in [-0.2, 0) is 11.2 Å². The number of ether oxygens (including phenoxy) is 1. The van der Waals surface area contributed by atoms with Crippen molar-refractivity contribution in [2.24, 2.45) is 23.7 Å². The first kappa shape index (κ1) is 43.9. The first-order valence-electron chi connectivity index (χ1n) is 23.8. The number of nitrogens with one attached hydrogen (secondary N) is 2. The van der Waals surface area contributed by atoms with Crippen LogP contribution in [0.3, 0.4) is 0 Å². The minimum atomic E-state index is -5.00. The second kappa shape index (κ2) is 17.2. The van der Waals surface area contributed by atoms with Gasteiger partial charge in [-0.3, -0.25) is 4.98 Å². The molecular formula is C58H53F3N4O3. The normalized spacial score (nSPS) is 24.7. The number of H-pyrrole nitrogens is 2. The van der Waals surface area contributed by atoms with Gasteiger partial charge in [-0.15, -0.1) is 0 Å². The molecule has 0 spiro atoms. The van der Waals surface area contributed by atoms with Crippen LogP contribution in [-0.4, -0.2) is 54.3 Å². The van der Waals surface area contributed by atoms with E-state index in [1.165, 1.54) is 6.92 Å². The number of aromatic amines is 2. The number of nitrogens with zero attached hydrogens (tertiary/aromatic N) is 2. The Bertz CT molecular complexity index is 3190. The van der Waals surface area contributed by atoms with Crippen LogP contribution >= 0.6 is 0 Å². The van der Waals surface area contributed by atoms with Gasteiger partial charge in [-0.05, 0) is 109 Å². The number of hydrogen-bond acceptors (Lipinski definition) is 5. The van der Waals surface area contributed by atoms with E-state index in [1.54, 1.807) is 0 Å². The molecule has 1 saturated carbocycles. The van der Waals surface area contributed by atoms with E-state index in [9.17, 15) is 23.4 Å². The van der Waals surface area contributed by atoms with Crippen molar-refractivity contribution in [1.82, 2.24) is 19.9 Å². The fourth-order valence-corrected chi connectivity index (χ4v) is 11.9. The maximum absolute atomic E-state index is 14.4. The summed E-state index contributed by atoms with van der Waals surface area (Å²) in [5, 5.41) is 23.5. The van der Waals surface area contributed by atoms with Gasteiger partial charge in [0, 0.05) is 56.2 Å². The van der Waals surface area contributed by atoms with Gasteiger partial charge in [0.2, 0.25) is 0 Å². The first-order chi connectivity index (χ1) is 32.9. The lowest BCUT2D eigenvalue weighted by molar-refractivity contribution is -0.427. The van der Waals surface area contributed by atoms with E-state index in [2.05, 4.69) is 102 Å². The predicted octanol–water partition coefficient (Wildman–Crippen LogP) is 13.6. The average Bonchev–Trinajstić information content (AvgIpc) is 4.19. The summed E-state index contributed by atoms with van der Waals surface area (Å²) in [6, 6.07) is 49.7. The van der Waals surface area contributed by atoms with Crippen molar-refractivity contribution in [2.45, 2.75) is 69.4 Å². The second-order valence-corrected chi connectivity index (χ2v) is 19.2. The number of aromatic nitrogens is 4. The van der Waals surface area contributed by atoms with E-state index in [0.717, 1.165) is 89.4 Å². The highest BCUT2D eigenvalue weighted by molar-refractivity contribution is 5.97. The molecule has 3 aromatic heterocycles. The van der Waals surface area contributed by atoms with Crippen molar-refractivity contribution in [3.63, 3.8) is 0 Å². The summed E-state index contributed by atoms with van der Waals surface area (Å²) < 4.78 is 48.4. The zero-order chi connectivity index (χ0) is 46.8. The zero-order valence-corrected chi connectivity index (χ0v) is 38.0. The number of alkyl halides is 3. The largest absolute Gasteiger partial charge is 0.443 e. The number of benzene rings is 4. The number of halogens is 3. The minimum Gasteiger partial charge on any atom is -0.387 e. The van der Waals surface area contributed by atoms with Crippen molar-refractivity contribution in [3.05, 3.63) is 168 Å². The molecule has 0 unspecified atom stereocenters. The highest BCUT2D eigenvalue weighted by Crippen LogP contribution is 2.56. The van der Waals surface area contributed by atoms with Gasteiger partial charge in [-0.25, -0.2) is 4.98 Å². The van der Waals surface area contributed by atoms with Crippen molar-refractivity contribution < 1.29 is 28.1 Å². The molecule has 0 amide bonds. The Labute approximate surface area is 393 Å². The summed E-state index contributed by atoms with van der Waals surface area (Å²) in [4.78, 5) is 18.9. The summed E-state index contributed by atoms with van der Waals surface area (Å²) in [6.45, 7) is 2.86. The Morgan fingerprint density at radius 3 is 1.54 bits per heavy atom. The third-order valence-electron chi connectivity index (χ3n) is 15.4. The average molecular weight is 911 g/mol. The van der Waals surface area contributed by atoms with E-state index < -0.39 is 36.0 Å². The van der Waals surface area contributed by atoms with Gasteiger partial charge in [0.15, 0.2) is 0 Å². The van der Waals surface area contributed by atoms with Gasteiger partial charge >= 0.3 is 6.18 Å². The summed E-state index contributed by atoms with van der Waals surface area (Å²) >= 11 is 0. The Kier molecular flexibility index (Phi) is 11.1. The van der Waals surface area contributed by atoms with Crippen LogP contribution < -0.4 is 0 Å². The molecule has 68 heavy (non-hydrogen) atoms. The van der Waals surface area contributed by atoms with E-state index in [4.69, 9.17) is 14.7 Å². The Balaban J connectivity index is 1.16. The third-order valence-corrected chi connectivity index (χ3v) is 15.4. The van der Waals surface area contributed by atoms with Gasteiger partial charge in [0.05, 0.1) is 35.0 Å². The van der Waals surface area contributed by atoms with E-state index >= 15 is 0 Å². The molecule has 344 valence electrons. The van der Waals surface area contributed by atoms with Gasteiger partial charge in [0.1, 0.15) is 0 Å². The molecule has 0 radical (unpaired) electrons. The van der Waals surface area contributed by atoms with Crippen molar-refractivity contribution in [3.8, 4) is 44.5 Å². The SMILES string of the molecule is C[C@@H]1CC[C@H]2[C@@H](C)[C@](O)(C(F)(F)F)OC[C@@]2(O)[C@H]1CC[C@H]1Cc2nc1c(-c1ccccc1)c1ccc([nH]1)c(-c1ccccc1)c1nc(c(-c3ccccc3)c3ccc([nH]3)c2-c2ccccc2)C=C1. The predicted molar refractivity (Wildman–Crippen MR) is 264 cm³/mol. The molecule has 4 aromatic carbocycles. The zero-order valence-electron chi connectivity index (χ0n) is 38.0. The van der Waals surface area contributed by atoms with Crippen LogP contribution in [0.15, 0.2) is 146 Å². The summed E-state index contributed by atoms with van der Waals surface area (Å²) in [5.41, 5.74) is 13.3. The molecule has 6 heterocycles. The lowest BCUT2D eigenvalue weighted by Crippen LogP contribution is -2.68. The van der Waals surface area contributed by atoms with Crippen molar-refractivity contribution >= 4 is 34.2 Å². The number of fused-ring (bicyclic) bond motifs is 9. The van der Waals surface area contributed by atoms with Crippen molar-refractivity contribution in [2.75, 3.05) is 6.61 Å². The Morgan fingerprint density at radius 1 is 0.588 bits per heavy atom. The Morgan fingerprint density at radius 2 is 1.04 bits per heavy atom. The van der Waals surface area contributed by atoms with Gasteiger partial charge in [0.25, 0.3) is 5.79 Å². The van der Waals surface area contributed by atoms with Gasteiger partial charge < -0.3 is 24.9 Å². The van der Waals surface area contributed by atoms with Gasteiger partial charge in [-0.2, -0.15) is 13.2 Å². The molecule has 4 aliphatic rings. The molecule has 1 saturated heterocycles. The lowest BCUT2D eigenvalue weighted by Gasteiger charge is -2.57. The minimum absolute atomic E-state index is 0.00309. The van der Waals surface area contributed by atoms with Crippen LogP contribution in [0.1, 0.15) is 68.2 Å². The van der Waals surface area contributed by atoms with Crippen molar-refractivity contribution in [1.29, 1.82) is 0 Å². The van der Waals surface area contributed by atoms with Crippen LogP contribution in [0.25, 0.3) is 78.7 Å². The number of hydrogen-bond donors (Lipinski definition) is 4. The van der Waals surface area contributed by atoms with E-state index in [1.807, 2.05) is 72.8 Å². The summed E-state index contributed by atoms with van der Waals surface area (Å²) in [5.74, 6) is -6.00. The highest BCUT2D eigenvalue weighted by atomic mass is 19.4. The van der Waals surface area contributed by atoms with Crippen LogP contribution in [0.2, 0.25) is 0 Å². The monoisotopic (exact) mass is 910 g/mol. The summed E-state index contributed by atoms with van der Waals surface area (Å²) in [6.07, 6.45) is 1.89. The standard InChI is InChI=1S/C58H53F3N4O3/c1-35-23-25-43-36(2)57(67,58(59,60)61)68-34-56(43,66)42(35)26-24-41-33-50-53(39-19-11-5-12-20-39)48-30-29-46(63-48)51(37-15-7-3-8-16-37)44-27-28-45(62-44)52(38-17-9-4-10-18-38)47-31-32-49(64-47)54(55(41)65-50)40-21-13-6-14-22-40/h3-22,27-32,35-36,41-43,63-64,66-67H,23-26,33-34H2,1-2H3/t35-,36-,41+,42+,43+,56-,57-/m1/s1. The molecule has 8 bridgehead atoms. The first-order valence-corrected chi connectivity index (χ1v) is 23.8. The summed E-state index contributed by atoms with van der Waals surface area (Å²) in [7, 11) is 0. The van der Waals surface area contributed by atoms with E-state index in [0.29, 0.717) is 32.1 Å². The Hall–Kier alpha value is -6.59. The molecule has 7 aromatic rings. The van der Waals surface area contributed by atoms with Crippen LogP contribution in [0, 0.1) is 23.7 Å². The lowest BCUT2D eigenvalue weighted by atomic mass is 9.57. The molecule has 3 aliphatic heterocycles. The highest BCUT2D eigenvalue weighted by Gasteiger charge is 2.68. The molecule has 1 aliphatic carbocycles. The maximum Gasteiger partial charge on any atom is 0.443 e. The quantitative estimate of drug-likeness (QED) is 0.127. The molecule has 10 heteroatoms. The van der Waals surface area contributed by atoms with Crippen LogP contribution in [0.4, 0.5) is 13.2 Å². The number of aliphatic hydroxyl groups is 2. The molecule has 2 fully saturated rings. The number of rotatable bonds is 7. The fraction of sp³-hybridized carbons (Fsp3) is 0.276. The second-order valence-electron chi connectivity index (χ2n) is 19.2.